The fourth-order valence-corrected chi connectivity index (χ4v) is 4.50. The van der Waals surface area contributed by atoms with Crippen LogP contribution >= 0.6 is 0 Å². The lowest BCUT2D eigenvalue weighted by Crippen LogP contribution is -2.36. The SMILES string of the molecule is BC(B)(O)Oc1cc(NC)c(NC(=O)C=C)cc1Nc1nccc(N(C=O)c2cc(F)cc3c2N(C)CCC3)n1. The Kier molecular flexibility index (Phi) is 8.29. The molecule has 0 aliphatic carbocycles. The van der Waals surface area contributed by atoms with Gasteiger partial charge in [0, 0.05) is 39.0 Å². The summed E-state index contributed by atoms with van der Waals surface area (Å²) in [6.45, 7) is 4.25. The fraction of sp³-hybridized carbons (Fsp3) is 0.231. The highest BCUT2D eigenvalue weighted by molar-refractivity contribution is 6.37. The van der Waals surface area contributed by atoms with E-state index in [0.29, 0.717) is 35.6 Å². The van der Waals surface area contributed by atoms with Gasteiger partial charge in [0.15, 0.2) is 15.7 Å². The van der Waals surface area contributed by atoms with E-state index in [1.54, 1.807) is 19.2 Å². The number of rotatable bonds is 10. The lowest BCUT2D eigenvalue weighted by molar-refractivity contribution is -0.112. The number of aromatic nitrogens is 2. The van der Waals surface area contributed by atoms with Crippen molar-refractivity contribution in [1.29, 1.82) is 0 Å². The molecular formula is C26H30B2FN7O4. The number of anilines is 7. The van der Waals surface area contributed by atoms with E-state index in [1.807, 2.05) is 11.9 Å². The van der Waals surface area contributed by atoms with Gasteiger partial charge in [-0.3, -0.25) is 14.5 Å². The summed E-state index contributed by atoms with van der Waals surface area (Å²) < 4.78 is 20.3. The monoisotopic (exact) mass is 545 g/mol. The molecule has 0 atom stereocenters. The number of nitrogens with one attached hydrogen (secondary N) is 3. The van der Waals surface area contributed by atoms with E-state index in [4.69, 9.17) is 4.74 Å². The molecule has 0 radical (unpaired) electrons. The first-order valence-electron chi connectivity index (χ1n) is 12.6. The molecular weight excluding hydrogens is 515 g/mol. The summed E-state index contributed by atoms with van der Waals surface area (Å²) >= 11 is 0. The van der Waals surface area contributed by atoms with Gasteiger partial charge in [-0.15, -0.1) is 0 Å². The van der Waals surface area contributed by atoms with E-state index in [1.165, 1.54) is 45.0 Å². The number of hydrogen-bond acceptors (Lipinski definition) is 9. The van der Waals surface area contributed by atoms with Crippen molar-refractivity contribution in [1.82, 2.24) is 9.97 Å². The second-order valence-electron chi connectivity index (χ2n) is 9.68. The summed E-state index contributed by atoms with van der Waals surface area (Å²) in [5, 5.41) is 19.1. The minimum atomic E-state index is -1.53. The van der Waals surface area contributed by atoms with Crippen LogP contribution < -0.4 is 30.5 Å². The molecule has 1 aliphatic heterocycles. The lowest BCUT2D eigenvalue weighted by Gasteiger charge is -2.32. The number of amides is 2. The van der Waals surface area contributed by atoms with E-state index in [2.05, 4.69) is 32.5 Å². The van der Waals surface area contributed by atoms with Crippen LogP contribution in [0.2, 0.25) is 0 Å². The second kappa shape index (κ2) is 11.7. The Labute approximate surface area is 233 Å². The maximum absolute atomic E-state index is 14.6. The summed E-state index contributed by atoms with van der Waals surface area (Å²) in [6.07, 6.45) is 4.75. The molecule has 1 aliphatic rings. The van der Waals surface area contributed by atoms with Crippen LogP contribution in [0.4, 0.5) is 44.6 Å². The van der Waals surface area contributed by atoms with Crippen molar-refractivity contribution in [2.45, 2.75) is 18.4 Å². The standard InChI is InChI=1S/C26H30B2FN7O4/c1-4-23(38)32-18-12-19(21(13-17(18)30-2)40-26(27,28)39)33-25-31-8-7-22(34-25)36(14-37)20-11-16(29)10-15-6-5-9-35(3)24(15)20/h4,7-8,10-14,30,39H,1,5-6,9,27-28H2,2-3H3,(H,32,38)(H,31,33,34). The van der Waals surface area contributed by atoms with E-state index in [9.17, 15) is 19.1 Å². The van der Waals surface area contributed by atoms with E-state index in [0.717, 1.165) is 30.3 Å². The summed E-state index contributed by atoms with van der Waals surface area (Å²) in [4.78, 5) is 36.4. The van der Waals surface area contributed by atoms with Crippen molar-refractivity contribution in [3.05, 3.63) is 60.6 Å². The molecule has 206 valence electrons. The molecule has 4 rings (SSSR count). The molecule has 0 fully saturated rings. The van der Waals surface area contributed by atoms with Gasteiger partial charge < -0.3 is 30.7 Å². The zero-order valence-electron chi connectivity index (χ0n) is 22.8. The number of aryl methyl sites for hydroxylation is 1. The van der Waals surface area contributed by atoms with E-state index in [-0.39, 0.29) is 17.5 Å². The van der Waals surface area contributed by atoms with Gasteiger partial charge in [0.05, 0.1) is 28.4 Å². The Morgan fingerprint density at radius 2 is 2.05 bits per heavy atom. The normalized spacial score (nSPS) is 12.7. The average molecular weight is 545 g/mol. The van der Waals surface area contributed by atoms with Crippen molar-refractivity contribution in [3.8, 4) is 5.75 Å². The Balaban J connectivity index is 1.76. The highest BCUT2D eigenvalue weighted by Crippen LogP contribution is 2.40. The lowest BCUT2D eigenvalue weighted by atomic mass is 9.76. The molecule has 0 saturated heterocycles. The van der Waals surface area contributed by atoms with Gasteiger partial charge in [-0.2, -0.15) is 4.98 Å². The molecule has 2 amide bonds. The quantitative estimate of drug-likeness (QED) is 0.129. The molecule has 40 heavy (non-hydrogen) atoms. The van der Waals surface area contributed by atoms with Crippen molar-refractivity contribution < 1.29 is 23.8 Å². The van der Waals surface area contributed by atoms with Gasteiger partial charge in [0.2, 0.25) is 18.3 Å². The Bertz CT molecular complexity index is 1450. The minimum absolute atomic E-state index is 0.0850. The number of hydrogen-bond donors (Lipinski definition) is 4. The van der Waals surface area contributed by atoms with Gasteiger partial charge >= 0.3 is 0 Å². The molecule has 4 N–H and O–H groups in total. The van der Waals surface area contributed by atoms with Crippen molar-refractivity contribution in [2.75, 3.05) is 46.4 Å². The van der Waals surface area contributed by atoms with Crippen molar-refractivity contribution in [2.24, 2.45) is 0 Å². The number of ether oxygens (including phenoxy) is 1. The van der Waals surface area contributed by atoms with Gasteiger partial charge in [0.1, 0.15) is 23.0 Å². The first-order chi connectivity index (χ1) is 19.0. The Morgan fingerprint density at radius 3 is 2.73 bits per heavy atom. The third-order valence-corrected chi connectivity index (χ3v) is 6.15. The van der Waals surface area contributed by atoms with Crippen LogP contribution in [0.3, 0.4) is 0 Å². The van der Waals surface area contributed by atoms with Crippen LogP contribution in [0, 0.1) is 5.82 Å². The number of nitrogens with zero attached hydrogens (tertiary/aromatic N) is 4. The molecule has 11 nitrogen and oxygen atoms in total. The second-order valence-corrected chi connectivity index (χ2v) is 9.68. The van der Waals surface area contributed by atoms with Crippen LogP contribution in [0.15, 0.2) is 49.2 Å². The maximum atomic E-state index is 14.6. The highest BCUT2D eigenvalue weighted by Gasteiger charge is 2.25. The molecule has 14 heteroatoms. The van der Waals surface area contributed by atoms with Crippen LogP contribution in [0.5, 0.6) is 5.75 Å². The molecule has 0 bridgehead atoms. The maximum Gasteiger partial charge on any atom is 0.247 e. The molecule has 2 heterocycles. The number of halogens is 1. The summed E-state index contributed by atoms with van der Waals surface area (Å²) in [6, 6.07) is 7.51. The van der Waals surface area contributed by atoms with E-state index >= 15 is 0 Å². The van der Waals surface area contributed by atoms with Gasteiger partial charge in [0.25, 0.3) is 0 Å². The first kappa shape index (κ1) is 28.4. The molecule has 0 spiro atoms. The average Bonchev–Trinajstić information content (AvgIpc) is 2.89. The van der Waals surface area contributed by atoms with E-state index < -0.39 is 17.3 Å². The van der Waals surface area contributed by atoms with Crippen LogP contribution in [0.1, 0.15) is 12.0 Å². The summed E-state index contributed by atoms with van der Waals surface area (Å²) in [5.74, 6) is -0.356. The smallest absolute Gasteiger partial charge is 0.247 e. The predicted molar refractivity (Wildman–Crippen MR) is 159 cm³/mol. The van der Waals surface area contributed by atoms with Gasteiger partial charge in [-0.05, 0) is 42.7 Å². The third-order valence-electron chi connectivity index (χ3n) is 6.15. The van der Waals surface area contributed by atoms with Crippen LogP contribution in [-0.2, 0) is 16.0 Å². The number of carbonyl (C=O) groups is 2. The summed E-state index contributed by atoms with van der Waals surface area (Å²) in [7, 11) is 6.51. The fourth-order valence-electron chi connectivity index (χ4n) is 4.50. The number of benzene rings is 2. The molecule has 1 aromatic heterocycles. The minimum Gasteiger partial charge on any atom is -0.478 e. The molecule has 3 aromatic rings. The van der Waals surface area contributed by atoms with Crippen LogP contribution in [-0.4, -0.2) is 69.3 Å². The molecule has 0 unspecified atom stereocenters. The third kappa shape index (κ3) is 6.34. The molecule has 0 saturated carbocycles. The Morgan fingerprint density at radius 1 is 1.27 bits per heavy atom. The number of aliphatic hydroxyl groups is 1. The largest absolute Gasteiger partial charge is 0.478 e. The van der Waals surface area contributed by atoms with Crippen molar-refractivity contribution in [3.63, 3.8) is 0 Å². The molecule has 2 aromatic carbocycles. The first-order valence-corrected chi connectivity index (χ1v) is 12.6. The topological polar surface area (TPSA) is 132 Å². The predicted octanol–water partition coefficient (Wildman–Crippen LogP) is 1.45. The summed E-state index contributed by atoms with van der Waals surface area (Å²) in [5.41, 5.74) is 1.65. The van der Waals surface area contributed by atoms with Crippen LogP contribution in [0.25, 0.3) is 0 Å². The number of carbonyl (C=O) groups excluding carboxylic acids is 2. The van der Waals surface area contributed by atoms with Crippen molar-refractivity contribution >= 4 is 68.2 Å². The van der Waals surface area contributed by atoms with Gasteiger partial charge in [-0.25, -0.2) is 9.37 Å². The number of fused-ring (bicyclic) bond motifs is 1. The Hall–Kier alpha value is -4.58. The highest BCUT2D eigenvalue weighted by atomic mass is 19.1. The zero-order valence-corrected chi connectivity index (χ0v) is 22.8. The van der Waals surface area contributed by atoms with Gasteiger partial charge in [-0.1, -0.05) is 6.58 Å². The zero-order chi connectivity index (χ0) is 29.0.